The molecule has 2 N–H and O–H groups in total. The summed E-state index contributed by atoms with van der Waals surface area (Å²) in [5.41, 5.74) is -0.705. The molecule has 1 saturated carbocycles. The minimum Gasteiger partial charge on any atom is -0.494 e. The Labute approximate surface area is 86.4 Å². The van der Waals surface area contributed by atoms with Crippen molar-refractivity contribution in [3.8, 4) is 5.88 Å². The fourth-order valence-corrected chi connectivity index (χ4v) is 1.65. The molecule has 0 saturated heterocycles. The van der Waals surface area contributed by atoms with Crippen molar-refractivity contribution in [2.75, 3.05) is 0 Å². The number of aromatic nitrogens is 2. The predicted molar refractivity (Wildman–Crippen MR) is 55.1 cm³/mol. The topological polar surface area (TPSA) is 75.1 Å². The average molecular weight is 210 g/mol. The number of aromatic hydroxyl groups is 1. The van der Waals surface area contributed by atoms with Crippen LogP contribution in [0, 0.1) is 5.92 Å². The van der Waals surface area contributed by atoms with Crippen LogP contribution in [0.25, 0.3) is 0 Å². The summed E-state index contributed by atoms with van der Waals surface area (Å²) in [5.74, 6) is 0.308. The highest BCUT2D eigenvalue weighted by Gasteiger charge is 2.24. The fraction of sp³-hybridized carbons (Fsp3) is 0.600. The lowest BCUT2D eigenvalue weighted by Gasteiger charge is -2.09. The van der Waals surface area contributed by atoms with E-state index in [1.54, 1.807) is 6.92 Å². The average Bonchev–Trinajstić information content (AvgIpc) is 2.96. The summed E-state index contributed by atoms with van der Waals surface area (Å²) in [5, 5.41) is 9.77. The van der Waals surface area contributed by atoms with Crippen LogP contribution in [-0.2, 0) is 13.0 Å². The molecular weight excluding hydrogens is 196 g/mol. The smallest absolute Gasteiger partial charge is 0.331 e. The maximum Gasteiger partial charge on any atom is 0.331 e. The second kappa shape index (κ2) is 3.56. The zero-order valence-corrected chi connectivity index (χ0v) is 8.62. The molecule has 0 aliphatic heterocycles. The van der Waals surface area contributed by atoms with Crippen molar-refractivity contribution < 1.29 is 5.11 Å². The molecule has 82 valence electrons. The van der Waals surface area contributed by atoms with Gasteiger partial charge in [0, 0.05) is 6.54 Å². The van der Waals surface area contributed by atoms with Gasteiger partial charge in [-0.25, -0.2) is 4.79 Å². The highest BCUT2D eigenvalue weighted by molar-refractivity contribution is 5.22. The van der Waals surface area contributed by atoms with Gasteiger partial charge < -0.3 is 5.11 Å². The second-order valence-corrected chi connectivity index (χ2v) is 3.97. The molecule has 1 aliphatic rings. The Morgan fingerprint density at radius 1 is 1.47 bits per heavy atom. The fourth-order valence-electron chi connectivity index (χ4n) is 1.65. The van der Waals surface area contributed by atoms with Crippen LogP contribution in [-0.4, -0.2) is 14.7 Å². The lowest BCUT2D eigenvalue weighted by Crippen LogP contribution is -2.32. The summed E-state index contributed by atoms with van der Waals surface area (Å²) in [4.78, 5) is 25.0. The maximum absolute atomic E-state index is 11.4. The van der Waals surface area contributed by atoms with E-state index in [0.29, 0.717) is 18.9 Å². The van der Waals surface area contributed by atoms with E-state index in [9.17, 15) is 14.7 Å². The van der Waals surface area contributed by atoms with E-state index in [1.165, 1.54) is 4.57 Å². The Balaban J connectivity index is 2.51. The van der Waals surface area contributed by atoms with Gasteiger partial charge in [0.2, 0.25) is 5.88 Å². The van der Waals surface area contributed by atoms with Crippen LogP contribution in [0.5, 0.6) is 5.88 Å². The Bertz CT molecular complexity index is 482. The summed E-state index contributed by atoms with van der Waals surface area (Å²) in [6.45, 7) is 2.28. The quantitative estimate of drug-likeness (QED) is 0.749. The highest BCUT2D eigenvalue weighted by atomic mass is 16.3. The van der Waals surface area contributed by atoms with Gasteiger partial charge in [0.1, 0.15) is 0 Å². The Morgan fingerprint density at radius 2 is 2.13 bits per heavy atom. The van der Waals surface area contributed by atoms with Gasteiger partial charge in [-0.2, -0.15) is 0 Å². The normalized spacial score (nSPS) is 15.5. The minimum absolute atomic E-state index is 0.168. The first-order valence-electron chi connectivity index (χ1n) is 5.18. The molecule has 1 heterocycles. The summed E-state index contributed by atoms with van der Waals surface area (Å²) >= 11 is 0. The van der Waals surface area contributed by atoms with Crippen molar-refractivity contribution in [2.24, 2.45) is 5.92 Å². The first kappa shape index (κ1) is 10.0. The Morgan fingerprint density at radius 3 is 2.67 bits per heavy atom. The van der Waals surface area contributed by atoms with Crippen molar-refractivity contribution >= 4 is 0 Å². The molecule has 0 spiro atoms. The molecule has 5 nitrogen and oxygen atoms in total. The van der Waals surface area contributed by atoms with Gasteiger partial charge in [0.15, 0.2) is 0 Å². The van der Waals surface area contributed by atoms with Gasteiger partial charge in [-0.05, 0) is 25.2 Å². The number of hydrogen-bond acceptors (Lipinski definition) is 3. The maximum atomic E-state index is 11.4. The van der Waals surface area contributed by atoms with E-state index in [-0.39, 0.29) is 11.4 Å². The van der Waals surface area contributed by atoms with Gasteiger partial charge in [0.05, 0.1) is 5.56 Å². The highest BCUT2D eigenvalue weighted by Crippen LogP contribution is 2.31. The van der Waals surface area contributed by atoms with Crippen LogP contribution in [0.1, 0.15) is 25.3 Å². The minimum atomic E-state index is -0.512. The second-order valence-electron chi connectivity index (χ2n) is 3.97. The summed E-state index contributed by atoms with van der Waals surface area (Å²) in [6, 6.07) is 0. The zero-order valence-electron chi connectivity index (χ0n) is 8.62. The number of H-pyrrole nitrogens is 1. The Hall–Kier alpha value is -1.52. The number of nitrogens with one attached hydrogen (secondary N) is 1. The summed E-state index contributed by atoms with van der Waals surface area (Å²) in [6.07, 6.45) is 2.60. The van der Waals surface area contributed by atoms with Crippen molar-refractivity contribution in [3.63, 3.8) is 0 Å². The van der Waals surface area contributed by atoms with Crippen molar-refractivity contribution in [1.82, 2.24) is 9.55 Å². The number of rotatable bonds is 3. The molecule has 0 bridgehead atoms. The van der Waals surface area contributed by atoms with Crippen LogP contribution in [0.2, 0.25) is 0 Å². The van der Waals surface area contributed by atoms with Crippen molar-refractivity contribution in [1.29, 1.82) is 0 Å². The molecule has 1 aromatic rings. The molecule has 1 aromatic heterocycles. The third-order valence-electron chi connectivity index (χ3n) is 2.76. The third kappa shape index (κ3) is 1.82. The molecule has 0 unspecified atom stereocenters. The third-order valence-corrected chi connectivity index (χ3v) is 2.76. The van der Waals surface area contributed by atoms with E-state index in [1.807, 2.05) is 0 Å². The lowest BCUT2D eigenvalue weighted by molar-refractivity contribution is 0.385. The molecule has 0 atom stereocenters. The van der Waals surface area contributed by atoms with E-state index in [0.717, 1.165) is 12.8 Å². The van der Waals surface area contributed by atoms with Gasteiger partial charge in [-0.1, -0.05) is 6.92 Å². The van der Waals surface area contributed by atoms with Crippen LogP contribution in [0.3, 0.4) is 0 Å². The van der Waals surface area contributed by atoms with Crippen LogP contribution < -0.4 is 11.2 Å². The molecule has 2 rings (SSSR count). The molecule has 1 aliphatic carbocycles. The molecule has 0 aromatic carbocycles. The van der Waals surface area contributed by atoms with Crippen LogP contribution in [0.15, 0.2) is 9.59 Å². The van der Waals surface area contributed by atoms with Gasteiger partial charge in [-0.15, -0.1) is 0 Å². The molecule has 15 heavy (non-hydrogen) atoms. The van der Waals surface area contributed by atoms with Crippen molar-refractivity contribution in [3.05, 3.63) is 26.4 Å². The van der Waals surface area contributed by atoms with Gasteiger partial charge >= 0.3 is 5.69 Å². The largest absolute Gasteiger partial charge is 0.494 e. The lowest BCUT2D eigenvalue weighted by atomic mass is 10.2. The van der Waals surface area contributed by atoms with E-state index < -0.39 is 11.2 Å². The Kier molecular flexibility index (Phi) is 2.38. The zero-order chi connectivity index (χ0) is 11.0. The molecule has 5 heteroatoms. The standard InChI is InChI=1S/C10H14N2O3/c1-2-7-8(13)11-10(15)12(9(7)14)5-6-3-4-6/h6,14H,2-5H2,1H3,(H,11,13,15). The number of hydrogen-bond donors (Lipinski definition) is 2. The van der Waals surface area contributed by atoms with Crippen LogP contribution >= 0.6 is 0 Å². The van der Waals surface area contributed by atoms with E-state index >= 15 is 0 Å². The number of nitrogens with zero attached hydrogens (tertiary/aromatic N) is 1. The van der Waals surface area contributed by atoms with Crippen molar-refractivity contribution in [2.45, 2.75) is 32.7 Å². The molecule has 1 fully saturated rings. The summed E-state index contributed by atoms with van der Waals surface area (Å²) in [7, 11) is 0. The predicted octanol–water partition coefficient (Wildman–Crippen LogP) is 0.215. The van der Waals surface area contributed by atoms with E-state index in [2.05, 4.69) is 4.98 Å². The van der Waals surface area contributed by atoms with Gasteiger partial charge in [-0.3, -0.25) is 14.3 Å². The van der Waals surface area contributed by atoms with E-state index in [4.69, 9.17) is 0 Å². The van der Waals surface area contributed by atoms with Crippen LogP contribution in [0.4, 0.5) is 0 Å². The van der Waals surface area contributed by atoms with Gasteiger partial charge in [0.25, 0.3) is 5.56 Å². The molecule has 0 radical (unpaired) electrons. The molecule has 0 amide bonds. The SMILES string of the molecule is CCc1c(O)n(CC2CC2)c(=O)[nH]c1=O. The first-order chi connectivity index (χ1) is 7.13. The summed E-state index contributed by atoms with van der Waals surface area (Å²) < 4.78 is 1.26. The number of aromatic amines is 1. The molecular formula is C10H14N2O3. The first-order valence-corrected chi connectivity index (χ1v) is 5.18. The monoisotopic (exact) mass is 210 g/mol.